The van der Waals surface area contributed by atoms with Crippen LogP contribution in [0.5, 0.6) is 0 Å². The van der Waals surface area contributed by atoms with Crippen LogP contribution in [0.1, 0.15) is 25.7 Å². The average Bonchev–Trinajstić information content (AvgIpc) is 2.25. The lowest BCUT2D eigenvalue weighted by Crippen LogP contribution is -2.49. The molecule has 1 saturated heterocycles. The van der Waals surface area contributed by atoms with E-state index in [0.29, 0.717) is 6.04 Å². The molecule has 1 N–H and O–H groups in total. The van der Waals surface area contributed by atoms with Gasteiger partial charge < -0.3 is 9.84 Å². The maximum Gasteiger partial charge on any atom is 0.0698 e. The Morgan fingerprint density at radius 1 is 1.07 bits per heavy atom. The van der Waals surface area contributed by atoms with Crippen molar-refractivity contribution in [3.05, 3.63) is 12.2 Å². The minimum Gasteiger partial charge on any atom is -0.391 e. The minimum absolute atomic E-state index is 0.159. The van der Waals surface area contributed by atoms with Gasteiger partial charge in [-0.3, -0.25) is 4.90 Å². The van der Waals surface area contributed by atoms with Crippen molar-refractivity contribution in [3.63, 3.8) is 0 Å². The van der Waals surface area contributed by atoms with Crippen molar-refractivity contribution in [1.29, 1.82) is 0 Å². The van der Waals surface area contributed by atoms with Crippen LogP contribution in [0.15, 0.2) is 12.2 Å². The molecule has 0 saturated carbocycles. The number of aliphatic hydroxyl groups is 1. The molecule has 2 atom stereocenters. The first-order chi connectivity index (χ1) is 7.38. The second-order valence-electron chi connectivity index (χ2n) is 4.41. The number of ether oxygens (including phenoxy) is 1. The summed E-state index contributed by atoms with van der Waals surface area (Å²) in [6, 6.07) is 0.346. The molecule has 0 aromatic carbocycles. The SMILES string of the molecule is OC1CC/C=C\CCC1N1CCOCC1. The van der Waals surface area contributed by atoms with Crippen molar-refractivity contribution < 1.29 is 9.84 Å². The van der Waals surface area contributed by atoms with Gasteiger partial charge in [-0.2, -0.15) is 0 Å². The minimum atomic E-state index is -0.159. The van der Waals surface area contributed by atoms with Crippen molar-refractivity contribution >= 4 is 0 Å². The monoisotopic (exact) mass is 211 g/mol. The van der Waals surface area contributed by atoms with E-state index in [2.05, 4.69) is 17.1 Å². The third-order valence-corrected chi connectivity index (χ3v) is 3.38. The fourth-order valence-corrected chi connectivity index (χ4v) is 2.49. The molecule has 0 bridgehead atoms. The molecule has 15 heavy (non-hydrogen) atoms. The fraction of sp³-hybridized carbons (Fsp3) is 0.833. The Bertz CT molecular complexity index is 212. The summed E-state index contributed by atoms with van der Waals surface area (Å²) < 4.78 is 5.34. The number of hydrogen-bond acceptors (Lipinski definition) is 3. The maximum atomic E-state index is 10.1. The van der Waals surface area contributed by atoms with Gasteiger partial charge in [-0.15, -0.1) is 0 Å². The van der Waals surface area contributed by atoms with E-state index >= 15 is 0 Å². The normalized spacial score (nSPS) is 36.9. The Morgan fingerprint density at radius 2 is 1.73 bits per heavy atom. The Hall–Kier alpha value is -0.380. The van der Waals surface area contributed by atoms with Crippen LogP contribution in [0.3, 0.4) is 0 Å². The van der Waals surface area contributed by atoms with Crippen molar-refractivity contribution in [1.82, 2.24) is 4.90 Å². The molecule has 0 spiro atoms. The van der Waals surface area contributed by atoms with Crippen molar-refractivity contribution in [3.8, 4) is 0 Å². The molecule has 1 aliphatic heterocycles. The molecule has 86 valence electrons. The molecule has 2 unspecified atom stereocenters. The number of hydrogen-bond donors (Lipinski definition) is 1. The summed E-state index contributed by atoms with van der Waals surface area (Å²) in [5.41, 5.74) is 0. The van der Waals surface area contributed by atoms with E-state index < -0.39 is 0 Å². The molecular weight excluding hydrogens is 190 g/mol. The summed E-state index contributed by atoms with van der Waals surface area (Å²) in [7, 11) is 0. The van der Waals surface area contributed by atoms with E-state index in [9.17, 15) is 5.11 Å². The molecule has 0 amide bonds. The van der Waals surface area contributed by atoms with Crippen LogP contribution in [-0.2, 0) is 4.74 Å². The second-order valence-corrected chi connectivity index (χ2v) is 4.41. The summed E-state index contributed by atoms with van der Waals surface area (Å²) >= 11 is 0. The van der Waals surface area contributed by atoms with Crippen molar-refractivity contribution in [2.45, 2.75) is 37.8 Å². The number of aliphatic hydroxyl groups excluding tert-OH is 1. The number of rotatable bonds is 1. The zero-order chi connectivity index (χ0) is 10.5. The van der Waals surface area contributed by atoms with Gasteiger partial charge in [-0.05, 0) is 25.7 Å². The standard InChI is InChI=1S/C12H21NO2/c14-12-6-4-2-1-3-5-11(12)13-7-9-15-10-8-13/h1-2,11-12,14H,3-10H2/b2-1-. The highest BCUT2D eigenvalue weighted by Gasteiger charge is 2.26. The largest absolute Gasteiger partial charge is 0.391 e. The van der Waals surface area contributed by atoms with Crippen LogP contribution in [0.4, 0.5) is 0 Å². The predicted molar refractivity (Wildman–Crippen MR) is 59.8 cm³/mol. The molecule has 1 heterocycles. The first kappa shape index (κ1) is 11.1. The maximum absolute atomic E-state index is 10.1. The van der Waals surface area contributed by atoms with E-state index in [0.717, 1.165) is 52.0 Å². The van der Waals surface area contributed by atoms with Crippen LogP contribution in [0, 0.1) is 0 Å². The highest BCUT2D eigenvalue weighted by Crippen LogP contribution is 2.19. The first-order valence-electron chi connectivity index (χ1n) is 6.03. The smallest absolute Gasteiger partial charge is 0.0698 e. The molecule has 1 fully saturated rings. The van der Waals surface area contributed by atoms with Crippen LogP contribution < -0.4 is 0 Å². The Kier molecular flexibility index (Phi) is 4.18. The van der Waals surface area contributed by atoms with Gasteiger partial charge in [0.1, 0.15) is 0 Å². The summed E-state index contributed by atoms with van der Waals surface area (Å²) in [5.74, 6) is 0. The van der Waals surface area contributed by atoms with E-state index in [4.69, 9.17) is 4.74 Å². The quantitative estimate of drug-likeness (QED) is 0.661. The molecule has 0 aromatic rings. The lowest BCUT2D eigenvalue weighted by atomic mass is 9.96. The van der Waals surface area contributed by atoms with Crippen LogP contribution >= 0.6 is 0 Å². The molecule has 1 aliphatic carbocycles. The van der Waals surface area contributed by atoms with Gasteiger partial charge in [0.05, 0.1) is 19.3 Å². The van der Waals surface area contributed by atoms with E-state index in [1.807, 2.05) is 0 Å². The molecular formula is C12H21NO2. The van der Waals surface area contributed by atoms with E-state index in [-0.39, 0.29) is 6.10 Å². The zero-order valence-electron chi connectivity index (χ0n) is 9.27. The first-order valence-corrected chi connectivity index (χ1v) is 6.03. The Labute approximate surface area is 91.7 Å². The van der Waals surface area contributed by atoms with Crippen molar-refractivity contribution in [2.24, 2.45) is 0 Å². The van der Waals surface area contributed by atoms with Crippen molar-refractivity contribution in [2.75, 3.05) is 26.3 Å². The summed E-state index contributed by atoms with van der Waals surface area (Å²) in [6.45, 7) is 3.59. The van der Waals surface area contributed by atoms with Crippen LogP contribution in [0.25, 0.3) is 0 Å². The lowest BCUT2D eigenvalue weighted by molar-refractivity contribution is -0.0262. The predicted octanol–water partition coefficient (Wildman–Crippen LogP) is 1.18. The zero-order valence-corrected chi connectivity index (χ0v) is 9.27. The third kappa shape index (κ3) is 3.03. The topological polar surface area (TPSA) is 32.7 Å². The molecule has 3 heteroatoms. The Balaban J connectivity index is 1.94. The molecule has 2 rings (SSSR count). The molecule has 3 nitrogen and oxygen atoms in total. The van der Waals surface area contributed by atoms with E-state index in [1.54, 1.807) is 0 Å². The fourth-order valence-electron chi connectivity index (χ4n) is 2.49. The second kappa shape index (κ2) is 5.64. The number of morpholine rings is 1. The molecule has 0 aromatic heterocycles. The lowest BCUT2D eigenvalue weighted by Gasteiger charge is -2.37. The highest BCUT2D eigenvalue weighted by atomic mass is 16.5. The highest BCUT2D eigenvalue weighted by molar-refractivity contribution is 4.91. The molecule has 2 aliphatic rings. The van der Waals surface area contributed by atoms with Gasteiger partial charge in [0.25, 0.3) is 0 Å². The van der Waals surface area contributed by atoms with Crippen LogP contribution in [0.2, 0.25) is 0 Å². The number of nitrogens with zero attached hydrogens (tertiary/aromatic N) is 1. The van der Waals surface area contributed by atoms with E-state index in [1.165, 1.54) is 0 Å². The van der Waals surface area contributed by atoms with Gasteiger partial charge in [0.15, 0.2) is 0 Å². The van der Waals surface area contributed by atoms with Crippen LogP contribution in [-0.4, -0.2) is 48.5 Å². The molecule has 0 radical (unpaired) electrons. The summed E-state index contributed by atoms with van der Waals surface area (Å²) in [5, 5.41) is 10.1. The van der Waals surface area contributed by atoms with Gasteiger partial charge in [-0.25, -0.2) is 0 Å². The third-order valence-electron chi connectivity index (χ3n) is 3.38. The van der Waals surface area contributed by atoms with Gasteiger partial charge in [-0.1, -0.05) is 12.2 Å². The van der Waals surface area contributed by atoms with Gasteiger partial charge in [0, 0.05) is 19.1 Å². The Morgan fingerprint density at radius 3 is 2.47 bits per heavy atom. The summed E-state index contributed by atoms with van der Waals surface area (Å²) in [4.78, 5) is 2.40. The average molecular weight is 211 g/mol. The van der Waals surface area contributed by atoms with Gasteiger partial charge >= 0.3 is 0 Å². The number of allylic oxidation sites excluding steroid dienone is 2. The van der Waals surface area contributed by atoms with Gasteiger partial charge in [0.2, 0.25) is 0 Å². The summed E-state index contributed by atoms with van der Waals surface area (Å²) in [6.07, 6.45) is 8.38.